The van der Waals surface area contributed by atoms with Gasteiger partial charge in [0.25, 0.3) is 0 Å². The molecule has 0 aromatic carbocycles. The van der Waals surface area contributed by atoms with Crippen molar-refractivity contribution in [3.05, 3.63) is 29.7 Å². The largest absolute Gasteiger partial charge is 0.399 e. The number of nitrogens with zero attached hydrogens (tertiary/aromatic N) is 3. The van der Waals surface area contributed by atoms with Crippen LogP contribution in [0.3, 0.4) is 0 Å². The molecule has 3 heterocycles. The Labute approximate surface area is 181 Å². The predicted molar refractivity (Wildman–Crippen MR) is 112 cm³/mol. The predicted octanol–water partition coefficient (Wildman–Crippen LogP) is 4.08. The van der Waals surface area contributed by atoms with Crippen LogP contribution in [0.2, 0.25) is 0 Å². The van der Waals surface area contributed by atoms with Crippen LogP contribution in [0.4, 0.5) is 23.1 Å². The first-order valence-corrected chi connectivity index (χ1v) is 10.5. The maximum Gasteiger partial charge on any atom is 0.399 e. The average Bonchev–Trinajstić information content (AvgIpc) is 3.23. The van der Waals surface area contributed by atoms with Gasteiger partial charge in [-0.05, 0) is 50.8 Å². The number of nitrogens with two attached hydrogens (primary N) is 1. The lowest BCUT2D eigenvalue weighted by atomic mass is 9.87. The maximum absolute atomic E-state index is 13.4. The highest BCUT2D eigenvalue weighted by atomic mass is 32.1. The standard InChI is InChI=1S/C20H24F3N5O2S/c1-10-6-8-28(14(10)16(24)29)18(30)27-17-26-11(2)15(31-17)12-5-7-25-13(9-12)19(3,4)20(21,22)23/h5,7,9-10,14H,6,8H2,1-4H3,(H2,24,29)(H,26,27,30)/t10-,14-/m0/s1. The lowest BCUT2D eigenvalue weighted by molar-refractivity contribution is -0.181. The Morgan fingerprint density at radius 1 is 1.32 bits per heavy atom. The summed E-state index contributed by atoms with van der Waals surface area (Å²) < 4.78 is 40.2. The van der Waals surface area contributed by atoms with E-state index in [4.69, 9.17) is 5.73 Å². The minimum Gasteiger partial charge on any atom is -0.368 e. The molecule has 0 bridgehead atoms. The van der Waals surface area contributed by atoms with Crippen molar-refractivity contribution < 1.29 is 22.8 Å². The highest BCUT2D eigenvalue weighted by Crippen LogP contribution is 2.41. The van der Waals surface area contributed by atoms with Crippen molar-refractivity contribution in [2.75, 3.05) is 11.9 Å². The Morgan fingerprint density at radius 3 is 2.61 bits per heavy atom. The first kappa shape index (κ1) is 23.0. The number of nitrogens with one attached hydrogen (secondary N) is 1. The summed E-state index contributed by atoms with van der Waals surface area (Å²) in [5, 5.41) is 2.97. The van der Waals surface area contributed by atoms with E-state index in [9.17, 15) is 22.8 Å². The van der Waals surface area contributed by atoms with E-state index in [1.807, 2.05) is 6.92 Å². The van der Waals surface area contributed by atoms with Crippen LogP contribution in [0, 0.1) is 12.8 Å². The number of alkyl halides is 3. The molecule has 2 aromatic heterocycles. The zero-order chi connectivity index (χ0) is 23.1. The zero-order valence-corrected chi connectivity index (χ0v) is 18.4. The molecule has 2 atom stereocenters. The molecule has 1 aliphatic heterocycles. The zero-order valence-electron chi connectivity index (χ0n) is 17.6. The molecule has 11 heteroatoms. The number of pyridine rings is 1. The number of hydrogen-bond acceptors (Lipinski definition) is 5. The highest BCUT2D eigenvalue weighted by molar-refractivity contribution is 7.19. The molecule has 0 unspecified atom stereocenters. The fraction of sp³-hybridized carbons (Fsp3) is 0.500. The highest BCUT2D eigenvalue weighted by Gasteiger charge is 2.49. The summed E-state index contributed by atoms with van der Waals surface area (Å²) in [4.78, 5) is 34.6. The van der Waals surface area contributed by atoms with Crippen molar-refractivity contribution >= 4 is 28.4 Å². The van der Waals surface area contributed by atoms with Crippen molar-refractivity contribution in [1.29, 1.82) is 0 Å². The third-order valence-corrected chi connectivity index (χ3v) is 6.76. The number of aromatic nitrogens is 2. The van der Waals surface area contributed by atoms with Crippen LogP contribution in [0.15, 0.2) is 18.3 Å². The molecule has 1 fully saturated rings. The minimum atomic E-state index is -4.45. The molecule has 3 N–H and O–H groups in total. The summed E-state index contributed by atoms with van der Waals surface area (Å²) in [7, 11) is 0. The molecule has 1 saturated heterocycles. The minimum absolute atomic E-state index is 0.0379. The van der Waals surface area contributed by atoms with E-state index < -0.39 is 29.6 Å². The summed E-state index contributed by atoms with van der Waals surface area (Å²) in [5.41, 5.74) is 4.30. The first-order valence-electron chi connectivity index (χ1n) is 9.71. The van der Waals surface area contributed by atoms with Gasteiger partial charge >= 0.3 is 12.2 Å². The Morgan fingerprint density at radius 2 is 2.00 bits per heavy atom. The molecule has 31 heavy (non-hydrogen) atoms. The Balaban J connectivity index is 1.85. The molecular weight excluding hydrogens is 431 g/mol. The van der Waals surface area contributed by atoms with E-state index in [0.29, 0.717) is 29.1 Å². The monoisotopic (exact) mass is 455 g/mol. The molecule has 0 saturated carbocycles. The van der Waals surface area contributed by atoms with Crippen LogP contribution in [-0.2, 0) is 10.2 Å². The van der Waals surface area contributed by atoms with E-state index in [1.54, 1.807) is 13.0 Å². The number of hydrogen-bond donors (Lipinski definition) is 2. The SMILES string of the molecule is Cc1nc(NC(=O)N2CC[C@H](C)[C@H]2C(N)=O)sc1-c1ccnc(C(C)(C)C(F)(F)F)c1. The second-order valence-corrected chi connectivity index (χ2v) is 9.22. The van der Waals surface area contributed by atoms with E-state index in [2.05, 4.69) is 15.3 Å². The molecule has 0 spiro atoms. The Bertz CT molecular complexity index is 1000. The molecule has 0 aliphatic carbocycles. The van der Waals surface area contributed by atoms with E-state index >= 15 is 0 Å². The number of carbonyl (C=O) groups excluding carboxylic acids is 2. The van der Waals surface area contributed by atoms with Crippen molar-refractivity contribution in [1.82, 2.24) is 14.9 Å². The molecule has 1 aliphatic rings. The molecule has 168 valence electrons. The summed E-state index contributed by atoms with van der Waals surface area (Å²) in [6.45, 7) is 6.13. The summed E-state index contributed by atoms with van der Waals surface area (Å²) in [5.74, 6) is -0.600. The summed E-state index contributed by atoms with van der Waals surface area (Å²) >= 11 is 1.14. The lowest BCUT2D eigenvalue weighted by Gasteiger charge is -2.27. The van der Waals surface area contributed by atoms with Crippen LogP contribution < -0.4 is 11.1 Å². The second-order valence-electron chi connectivity index (χ2n) is 8.22. The van der Waals surface area contributed by atoms with Crippen LogP contribution in [-0.4, -0.2) is 45.6 Å². The number of rotatable bonds is 4. The van der Waals surface area contributed by atoms with Gasteiger partial charge in [0.1, 0.15) is 11.5 Å². The number of anilines is 1. The topological polar surface area (TPSA) is 101 Å². The number of primary amides is 1. The number of halogens is 3. The average molecular weight is 456 g/mol. The van der Waals surface area contributed by atoms with Crippen LogP contribution in [0.5, 0.6) is 0 Å². The van der Waals surface area contributed by atoms with Gasteiger partial charge in [-0.15, -0.1) is 0 Å². The Hall–Kier alpha value is -2.69. The molecule has 2 aromatic rings. The van der Waals surface area contributed by atoms with Crippen LogP contribution in [0.1, 0.15) is 38.6 Å². The van der Waals surface area contributed by atoms with Gasteiger partial charge in [-0.25, -0.2) is 9.78 Å². The van der Waals surface area contributed by atoms with Gasteiger partial charge in [0, 0.05) is 12.7 Å². The normalized spacial score (nSPS) is 19.5. The van der Waals surface area contributed by atoms with Gasteiger partial charge in [-0.3, -0.25) is 15.1 Å². The van der Waals surface area contributed by atoms with Gasteiger partial charge < -0.3 is 10.6 Å². The van der Waals surface area contributed by atoms with Crippen LogP contribution in [0.25, 0.3) is 10.4 Å². The first-order chi connectivity index (χ1) is 14.3. The van der Waals surface area contributed by atoms with Gasteiger partial charge in [0.2, 0.25) is 5.91 Å². The smallest absolute Gasteiger partial charge is 0.368 e. The molecule has 3 amide bonds. The third-order valence-electron chi connectivity index (χ3n) is 5.63. The van der Waals surface area contributed by atoms with Gasteiger partial charge in [0.15, 0.2) is 5.13 Å². The molecule has 7 nitrogen and oxygen atoms in total. The lowest BCUT2D eigenvalue weighted by Crippen LogP contribution is -2.47. The third kappa shape index (κ3) is 4.36. The van der Waals surface area contributed by atoms with Crippen molar-refractivity contribution in [3.8, 4) is 10.4 Å². The van der Waals surface area contributed by atoms with Crippen molar-refractivity contribution in [2.24, 2.45) is 11.7 Å². The van der Waals surface area contributed by atoms with Crippen molar-refractivity contribution in [2.45, 2.75) is 51.7 Å². The number of carbonyl (C=O) groups is 2. The van der Waals surface area contributed by atoms with Crippen LogP contribution >= 0.6 is 11.3 Å². The number of likely N-dealkylation sites (tertiary alicyclic amines) is 1. The van der Waals surface area contributed by atoms with Crippen molar-refractivity contribution in [3.63, 3.8) is 0 Å². The quantitative estimate of drug-likeness (QED) is 0.725. The molecule has 3 rings (SSSR count). The fourth-order valence-electron chi connectivity index (χ4n) is 3.55. The molecular formula is C20H24F3N5O2S. The number of urea groups is 1. The van der Waals surface area contributed by atoms with E-state index in [0.717, 1.165) is 25.2 Å². The second kappa shape index (κ2) is 8.10. The fourth-order valence-corrected chi connectivity index (χ4v) is 4.50. The van der Waals surface area contributed by atoms with Gasteiger partial charge in [-0.2, -0.15) is 13.2 Å². The number of thiazole rings is 1. The summed E-state index contributed by atoms with van der Waals surface area (Å²) in [6, 6.07) is 1.83. The molecule has 0 radical (unpaired) electrons. The Kier molecular flexibility index (Phi) is 6.01. The van der Waals surface area contributed by atoms with E-state index in [-0.39, 0.29) is 16.7 Å². The maximum atomic E-state index is 13.4. The van der Waals surface area contributed by atoms with Gasteiger partial charge in [-0.1, -0.05) is 18.3 Å². The number of aryl methyl sites for hydroxylation is 1. The van der Waals surface area contributed by atoms with Gasteiger partial charge in [0.05, 0.1) is 16.3 Å². The number of amides is 3. The summed E-state index contributed by atoms with van der Waals surface area (Å²) in [6.07, 6.45) is -2.46. The van der Waals surface area contributed by atoms with E-state index in [1.165, 1.54) is 17.2 Å².